The quantitative estimate of drug-likeness (QED) is 0.469. The highest BCUT2D eigenvalue weighted by atomic mass is 19.1. The summed E-state index contributed by atoms with van der Waals surface area (Å²) in [6.45, 7) is 6.29. The minimum Gasteiger partial charge on any atom is -0.484 e. The first-order valence-electron chi connectivity index (χ1n) is 12.9. The molecule has 2 N–H and O–H groups in total. The molecule has 1 saturated heterocycles. The molecular formula is C27H37FN6O3. The van der Waals surface area contributed by atoms with Crippen LogP contribution in [0.25, 0.3) is 11.0 Å². The standard InChI is InChI=1S/C27H37FN6O3/c1-18(37-24-16-20(28)6-7-22(24)30-9-5-8-29-2)21-14-19(27(35)33(3)4)15-23-26(21)32-25(17-31-23)34-10-12-36-13-11-34/h14-18,29-30H,5-13H2,1-4H3. The Kier molecular flexibility index (Phi) is 8.94. The van der Waals surface area contributed by atoms with E-state index in [1.54, 1.807) is 26.4 Å². The molecule has 2 aliphatic rings. The number of halogens is 1. The van der Waals surface area contributed by atoms with E-state index in [0.717, 1.165) is 49.7 Å². The third kappa shape index (κ3) is 6.56. The molecule has 10 heteroatoms. The van der Waals surface area contributed by atoms with Crippen molar-refractivity contribution in [3.05, 3.63) is 52.8 Å². The topological polar surface area (TPSA) is 91.9 Å². The van der Waals surface area contributed by atoms with Gasteiger partial charge in [-0.05, 0) is 45.5 Å². The zero-order chi connectivity index (χ0) is 26.4. The van der Waals surface area contributed by atoms with E-state index in [-0.39, 0.29) is 11.7 Å². The predicted octanol–water partition coefficient (Wildman–Crippen LogP) is 3.30. The van der Waals surface area contributed by atoms with E-state index in [9.17, 15) is 9.18 Å². The highest BCUT2D eigenvalue weighted by molar-refractivity contribution is 5.98. The fraction of sp³-hybridized carbons (Fsp3) is 0.519. The first kappa shape index (κ1) is 26.8. The fourth-order valence-electron chi connectivity index (χ4n) is 4.48. The van der Waals surface area contributed by atoms with Crippen LogP contribution in [0.2, 0.25) is 0 Å². The van der Waals surface area contributed by atoms with E-state index in [1.807, 2.05) is 20.0 Å². The lowest BCUT2D eigenvalue weighted by Crippen LogP contribution is -2.36. The monoisotopic (exact) mass is 512 g/mol. The summed E-state index contributed by atoms with van der Waals surface area (Å²) in [5.41, 5.74) is 3.39. The Morgan fingerprint density at radius 3 is 2.76 bits per heavy atom. The van der Waals surface area contributed by atoms with Gasteiger partial charge >= 0.3 is 0 Å². The molecule has 1 unspecified atom stereocenters. The van der Waals surface area contributed by atoms with Crippen LogP contribution >= 0.6 is 0 Å². The number of hydrogen-bond donors (Lipinski definition) is 2. The third-order valence-electron chi connectivity index (χ3n) is 6.54. The summed E-state index contributed by atoms with van der Waals surface area (Å²) < 4.78 is 26.1. The van der Waals surface area contributed by atoms with Crippen LogP contribution in [0, 0.1) is 0 Å². The maximum atomic E-state index is 14.3. The van der Waals surface area contributed by atoms with Gasteiger partial charge in [0.1, 0.15) is 23.5 Å². The molecule has 9 nitrogen and oxygen atoms in total. The number of nitrogens with one attached hydrogen (secondary N) is 2. The average molecular weight is 513 g/mol. The maximum Gasteiger partial charge on any atom is 0.253 e. The molecule has 0 radical (unpaired) electrons. The molecule has 4 rings (SSSR count). The summed E-state index contributed by atoms with van der Waals surface area (Å²) in [5.74, 6) is 0.893. The molecule has 0 saturated carbocycles. The van der Waals surface area contributed by atoms with Crippen molar-refractivity contribution in [2.45, 2.75) is 32.3 Å². The molecule has 1 aromatic carbocycles. The highest BCUT2D eigenvalue weighted by Crippen LogP contribution is 2.33. The number of rotatable bonds is 10. The number of amides is 1. The van der Waals surface area contributed by atoms with Gasteiger partial charge < -0.3 is 29.9 Å². The summed E-state index contributed by atoms with van der Waals surface area (Å²) in [7, 11) is 5.35. The van der Waals surface area contributed by atoms with Gasteiger partial charge in [-0.2, -0.15) is 0 Å². The summed E-state index contributed by atoms with van der Waals surface area (Å²) in [6, 6.07) is 3.58. The SMILES string of the molecule is CNCCCNC1=C(OC(C)c2cc(C(=O)N(C)C)cc3ncc(N4CCOCC4)nc23)C=C(F)CC1. The maximum absolute atomic E-state index is 14.3. The molecule has 1 aromatic heterocycles. The van der Waals surface area contributed by atoms with E-state index in [1.165, 1.54) is 11.0 Å². The average Bonchev–Trinajstić information content (AvgIpc) is 2.91. The number of nitrogens with zero attached hydrogens (tertiary/aromatic N) is 4. The third-order valence-corrected chi connectivity index (χ3v) is 6.54. The number of carbonyl (C=O) groups is 1. The number of hydrogen-bond acceptors (Lipinski definition) is 8. The van der Waals surface area contributed by atoms with E-state index >= 15 is 0 Å². The molecule has 1 amide bonds. The Balaban J connectivity index is 1.70. The van der Waals surface area contributed by atoms with E-state index in [0.29, 0.717) is 48.4 Å². The van der Waals surface area contributed by atoms with Crippen LogP contribution in [0.5, 0.6) is 0 Å². The Bertz CT molecular complexity index is 1180. The smallest absolute Gasteiger partial charge is 0.253 e. The van der Waals surface area contributed by atoms with E-state index in [2.05, 4.69) is 20.5 Å². The molecule has 2 heterocycles. The van der Waals surface area contributed by atoms with Crippen LogP contribution < -0.4 is 15.5 Å². The number of ether oxygens (including phenoxy) is 2. The van der Waals surface area contributed by atoms with Crippen LogP contribution in [0.3, 0.4) is 0 Å². The molecule has 1 aliphatic carbocycles. The zero-order valence-corrected chi connectivity index (χ0v) is 22.1. The largest absolute Gasteiger partial charge is 0.484 e. The number of aromatic nitrogens is 2. The Morgan fingerprint density at radius 1 is 1.24 bits per heavy atom. The van der Waals surface area contributed by atoms with Gasteiger partial charge in [-0.15, -0.1) is 0 Å². The Labute approximate surface area is 217 Å². The normalized spacial score (nSPS) is 17.0. The van der Waals surface area contributed by atoms with Crippen molar-refractivity contribution >= 4 is 22.8 Å². The summed E-state index contributed by atoms with van der Waals surface area (Å²) >= 11 is 0. The summed E-state index contributed by atoms with van der Waals surface area (Å²) in [6.07, 6.45) is 4.53. The van der Waals surface area contributed by atoms with Crippen molar-refractivity contribution in [3.63, 3.8) is 0 Å². The van der Waals surface area contributed by atoms with E-state index in [4.69, 9.17) is 14.5 Å². The highest BCUT2D eigenvalue weighted by Gasteiger charge is 2.23. The molecule has 1 atom stereocenters. The van der Waals surface area contributed by atoms with E-state index < -0.39 is 6.10 Å². The first-order chi connectivity index (χ1) is 17.9. The number of allylic oxidation sites excluding steroid dienone is 3. The predicted molar refractivity (Wildman–Crippen MR) is 142 cm³/mol. The minimum absolute atomic E-state index is 0.135. The van der Waals surface area contributed by atoms with Gasteiger partial charge in [0.2, 0.25) is 0 Å². The van der Waals surface area contributed by atoms with Gasteiger partial charge in [0.25, 0.3) is 5.91 Å². The Morgan fingerprint density at radius 2 is 2.03 bits per heavy atom. The summed E-state index contributed by atoms with van der Waals surface area (Å²) in [5, 5.41) is 6.55. The van der Waals surface area contributed by atoms with Crippen molar-refractivity contribution in [2.75, 3.05) is 65.4 Å². The van der Waals surface area contributed by atoms with Crippen LogP contribution in [0.15, 0.2) is 41.7 Å². The number of carbonyl (C=O) groups excluding carboxylic acids is 1. The minimum atomic E-state index is -0.502. The molecule has 1 fully saturated rings. The zero-order valence-electron chi connectivity index (χ0n) is 22.1. The number of anilines is 1. The van der Waals surface area contributed by atoms with Crippen molar-refractivity contribution in [1.82, 2.24) is 25.5 Å². The molecule has 1 aliphatic heterocycles. The lowest BCUT2D eigenvalue weighted by molar-refractivity contribution is 0.0827. The first-order valence-corrected chi connectivity index (χ1v) is 12.9. The van der Waals surface area contributed by atoms with Gasteiger partial charge in [-0.3, -0.25) is 9.78 Å². The molecule has 0 bridgehead atoms. The second kappa shape index (κ2) is 12.3. The van der Waals surface area contributed by atoms with Crippen LogP contribution in [-0.4, -0.2) is 81.3 Å². The molecule has 0 spiro atoms. The van der Waals surface area contributed by atoms with Gasteiger partial charge in [-0.25, -0.2) is 9.37 Å². The van der Waals surface area contributed by atoms with Gasteiger partial charge in [0.05, 0.1) is 36.1 Å². The summed E-state index contributed by atoms with van der Waals surface area (Å²) in [4.78, 5) is 26.1. The van der Waals surface area contributed by atoms with Crippen molar-refractivity contribution in [1.29, 1.82) is 0 Å². The van der Waals surface area contributed by atoms with Gasteiger partial charge in [0, 0.05) is 57.4 Å². The van der Waals surface area contributed by atoms with Crippen LogP contribution in [0.1, 0.15) is 48.2 Å². The Hall–Kier alpha value is -3.24. The number of benzene rings is 1. The second-order valence-electron chi connectivity index (χ2n) is 9.54. The van der Waals surface area contributed by atoms with Gasteiger partial charge in [0.15, 0.2) is 0 Å². The molecule has 200 valence electrons. The lowest BCUT2D eigenvalue weighted by Gasteiger charge is -2.28. The fourth-order valence-corrected chi connectivity index (χ4v) is 4.48. The number of morpholine rings is 1. The lowest BCUT2D eigenvalue weighted by atomic mass is 10.0. The van der Waals surface area contributed by atoms with Crippen molar-refractivity contribution in [3.8, 4) is 0 Å². The van der Waals surface area contributed by atoms with Crippen molar-refractivity contribution < 1.29 is 18.7 Å². The van der Waals surface area contributed by atoms with Crippen LogP contribution in [0.4, 0.5) is 10.2 Å². The molecular weight excluding hydrogens is 475 g/mol. The van der Waals surface area contributed by atoms with Crippen LogP contribution in [-0.2, 0) is 9.47 Å². The van der Waals surface area contributed by atoms with Crippen molar-refractivity contribution in [2.24, 2.45) is 0 Å². The molecule has 2 aromatic rings. The molecule has 37 heavy (non-hydrogen) atoms. The number of fused-ring (bicyclic) bond motifs is 1. The van der Waals surface area contributed by atoms with Gasteiger partial charge in [-0.1, -0.05) is 0 Å². The second-order valence-corrected chi connectivity index (χ2v) is 9.54.